The topological polar surface area (TPSA) is 72.9 Å². The summed E-state index contributed by atoms with van der Waals surface area (Å²) in [6, 6.07) is 7.03. The first-order chi connectivity index (χ1) is 11.5. The molecule has 2 unspecified atom stereocenters. The highest BCUT2D eigenvalue weighted by molar-refractivity contribution is 5.98. The van der Waals surface area contributed by atoms with E-state index >= 15 is 0 Å². The SMILES string of the molecule is CCC(C)C1C(=O)Nc2ccccc2CN1C(=O)N1CC(CO)C1. The number of urea groups is 1. The molecule has 0 radical (unpaired) electrons. The van der Waals surface area contributed by atoms with Crippen molar-refractivity contribution in [1.82, 2.24) is 9.80 Å². The molecule has 1 aromatic rings. The molecule has 3 rings (SSSR count). The van der Waals surface area contributed by atoms with Gasteiger partial charge in [-0.25, -0.2) is 4.79 Å². The number of hydrogen-bond donors (Lipinski definition) is 2. The highest BCUT2D eigenvalue weighted by atomic mass is 16.3. The first-order valence-electron chi connectivity index (χ1n) is 8.60. The Morgan fingerprint density at radius 3 is 2.75 bits per heavy atom. The van der Waals surface area contributed by atoms with Crippen molar-refractivity contribution < 1.29 is 14.7 Å². The fourth-order valence-electron chi connectivity index (χ4n) is 3.41. The van der Waals surface area contributed by atoms with E-state index in [9.17, 15) is 14.7 Å². The molecule has 2 heterocycles. The Hall–Kier alpha value is -2.08. The van der Waals surface area contributed by atoms with Crippen LogP contribution in [0.2, 0.25) is 0 Å². The van der Waals surface area contributed by atoms with Gasteiger partial charge in [0.05, 0.1) is 6.54 Å². The number of fused-ring (bicyclic) bond motifs is 1. The monoisotopic (exact) mass is 331 g/mol. The predicted octanol–water partition coefficient (Wildman–Crippen LogP) is 1.90. The Bertz CT molecular complexity index is 628. The summed E-state index contributed by atoms with van der Waals surface area (Å²) in [6.45, 7) is 5.67. The maximum atomic E-state index is 13.0. The number of para-hydroxylation sites is 1. The number of anilines is 1. The van der Waals surface area contributed by atoms with Crippen LogP contribution in [0, 0.1) is 11.8 Å². The third-order valence-electron chi connectivity index (χ3n) is 5.13. The molecule has 6 nitrogen and oxygen atoms in total. The second kappa shape index (κ2) is 6.81. The van der Waals surface area contributed by atoms with Gasteiger partial charge in [-0.1, -0.05) is 38.5 Å². The smallest absolute Gasteiger partial charge is 0.321 e. The molecule has 130 valence electrons. The van der Waals surface area contributed by atoms with E-state index in [2.05, 4.69) is 5.32 Å². The second-order valence-corrected chi connectivity index (χ2v) is 6.84. The van der Waals surface area contributed by atoms with Gasteiger partial charge >= 0.3 is 6.03 Å². The normalized spacial score (nSPS) is 22.3. The predicted molar refractivity (Wildman–Crippen MR) is 91.4 cm³/mol. The zero-order chi connectivity index (χ0) is 17.3. The van der Waals surface area contributed by atoms with Crippen molar-refractivity contribution in [2.45, 2.75) is 32.9 Å². The third kappa shape index (κ3) is 2.98. The molecule has 2 aliphatic heterocycles. The maximum absolute atomic E-state index is 13.0. The zero-order valence-electron chi connectivity index (χ0n) is 14.2. The molecule has 0 spiro atoms. The number of hydrogen-bond acceptors (Lipinski definition) is 3. The zero-order valence-corrected chi connectivity index (χ0v) is 14.2. The Balaban J connectivity index is 1.89. The van der Waals surface area contributed by atoms with Gasteiger partial charge in [0.2, 0.25) is 5.91 Å². The van der Waals surface area contributed by atoms with E-state index in [-0.39, 0.29) is 30.4 Å². The minimum absolute atomic E-state index is 0.0678. The summed E-state index contributed by atoms with van der Waals surface area (Å²) in [5, 5.41) is 12.2. The quantitative estimate of drug-likeness (QED) is 0.888. The van der Waals surface area contributed by atoms with Crippen molar-refractivity contribution in [2.24, 2.45) is 11.8 Å². The molecule has 1 saturated heterocycles. The Morgan fingerprint density at radius 2 is 2.08 bits per heavy atom. The van der Waals surface area contributed by atoms with Gasteiger partial charge in [-0.2, -0.15) is 0 Å². The third-order valence-corrected chi connectivity index (χ3v) is 5.13. The first-order valence-corrected chi connectivity index (χ1v) is 8.60. The van der Waals surface area contributed by atoms with Crippen molar-refractivity contribution in [3.05, 3.63) is 29.8 Å². The molecule has 0 aliphatic carbocycles. The van der Waals surface area contributed by atoms with Crippen LogP contribution in [0.3, 0.4) is 0 Å². The van der Waals surface area contributed by atoms with Gasteiger partial charge in [-0.3, -0.25) is 4.79 Å². The van der Waals surface area contributed by atoms with Crippen molar-refractivity contribution in [1.29, 1.82) is 0 Å². The molecule has 2 atom stereocenters. The summed E-state index contributed by atoms with van der Waals surface area (Å²) in [6.07, 6.45) is 0.817. The summed E-state index contributed by atoms with van der Waals surface area (Å²) in [5.74, 6) is 0.101. The number of amides is 3. The fourth-order valence-corrected chi connectivity index (χ4v) is 3.41. The lowest BCUT2D eigenvalue weighted by atomic mass is 9.96. The number of nitrogens with one attached hydrogen (secondary N) is 1. The molecule has 6 heteroatoms. The van der Waals surface area contributed by atoms with Crippen LogP contribution >= 0.6 is 0 Å². The van der Waals surface area contributed by atoms with Crippen LogP contribution < -0.4 is 5.32 Å². The van der Waals surface area contributed by atoms with E-state index in [1.54, 1.807) is 9.80 Å². The second-order valence-electron chi connectivity index (χ2n) is 6.84. The molecule has 3 amide bonds. The Morgan fingerprint density at radius 1 is 1.38 bits per heavy atom. The highest BCUT2D eigenvalue weighted by Gasteiger charge is 2.41. The molecule has 0 aromatic heterocycles. The molecule has 0 saturated carbocycles. The number of benzene rings is 1. The van der Waals surface area contributed by atoms with Crippen LogP contribution in [0.1, 0.15) is 25.8 Å². The van der Waals surface area contributed by atoms with Crippen LogP contribution in [-0.2, 0) is 11.3 Å². The van der Waals surface area contributed by atoms with E-state index in [0.717, 1.165) is 17.7 Å². The van der Waals surface area contributed by atoms with Crippen LogP contribution in [-0.4, -0.2) is 52.6 Å². The summed E-state index contributed by atoms with van der Waals surface area (Å²) in [7, 11) is 0. The average molecular weight is 331 g/mol. The van der Waals surface area contributed by atoms with E-state index in [1.807, 2.05) is 38.1 Å². The van der Waals surface area contributed by atoms with E-state index in [4.69, 9.17) is 0 Å². The lowest BCUT2D eigenvalue weighted by molar-refractivity contribution is -0.122. The lowest BCUT2D eigenvalue weighted by Crippen LogP contribution is -2.59. The van der Waals surface area contributed by atoms with Crippen molar-refractivity contribution in [2.75, 3.05) is 25.0 Å². The fraction of sp³-hybridized carbons (Fsp3) is 0.556. The number of likely N-dealkylation sites (tertiary alicyclic amines) is 1. The summed E-state index contributed by atoms with van der Waals surface area (Å²) in [4.78, 5) is 29.2. The molecule has 2 N–H and O–H groups in total. The maximum Gasteiger partial charge on any atom is 0.321 e. The number of aliphatic hydroxyl groups is 1. The number of nitrogens with zero attached hydrogens (tertiary/aromatic N) is 2. The molecule has 2 aliphatic rings. The largest absolute Gasteiger partial charge is 0.396 e. The number of aliphatic hydroxyl groups excluding tert-OH is 1. The van der Waals surface area contributed by atoms with Crippen LogP contribution in [0.15, 0.2) is 24.3 Å². The molecular weight excluding hydrogens is 306 g/mol. The van der Waals surface area contributed by atoms with Crippen molar-refractivity contribution >= 4 is 17.6 Å². The average Bonchev–Trinajstić information content (AvgIpc) is 2.68. The van der Waals surface area contributed by atoms with Crippen LogP contribution in [0.5, 0.6) is 0 Å². The molecular formula is C18H25N3O3. The van der Waals surface area contributed by atoms with Gasteiger partial charge in [0.15, 0.2) is 0 Å². The van der Waals surface area contributed by atoms with Crippen molar-refractivity contribution in [3.63, 3.8) is 0 Å². The molecule has 1 fully saturated rings. The van der Waals surface area contributed by atoms with E-state index in [1.165, 1.54) is 0 Å². The minimum Gasteiger partial charge on any atom is -0.396 e. The van der Waals surface area contributed by atoms with Gasteiger partial charge in [-0.05, 0) is 17.5 Å². The molecule has 24 heavy (non-hydrogen) atoms. The van der Waals surface area contributed by atoms with Gasteiger partial charge in [0.1, 0.15) is 6.04 Å². The number of carbonyl (C=O) groups is 2. The van der Waals surface area contributed by atoms with Gasteiger partial charge in [0, 0.05) is 31.3 Å². The van der Waals surface area contributed by atoms with Crippen molar-refractivity contribution in [3.8, 4) is 0 Å². The van der Waals surface area contributed by atoms with Gasteiger partial charge in [0.25, 0.3) is 0 Å². The van der Waals surface area contributed by atoms with E-state index < -0.39 is 6.04 Å². The Labute approximate surface area is 142 Å². The first kappa shape index (κ1) is 16.8. The summed E-state index contributed by atoms with van der Waals surface area (Å²) < 4.78 is 0. The van der Waals surface area contributed by atoms with Crippen LogP contribution in [0.25, 0.3) is 0 Å². The Kier molecular flexibility index (Phi) is 4.76. The summed E-state index contributed by atoms with van der Waals surface area (Å²) in [5.41, 5.74) is 1.73. The lowest BCUT2D eigenvalue weighted by Gasteiger charge is -2.43. The molecule has 1 aromatic carbocycles. The number of carbonyl (C=O) groups excluding carboxylic acids is 2. The minimum atomic E-state index is -0.483. The summed E-state index contributed by atoms with van der Waals surface area (Å²) >= 11 is 0. The van der Waals surface area contributed by atoms with Gasteiger partial charge < -0.3 is 20.2 Å². The standard InChI is InChI=1S/C18H25N3O3/c1-3-12(2)16-17(23)19-15-7-5-4-6-14(15)10-21(16)18(24)20-8-13(9-20)11-22/h4-7,12-13,16,22H,3,8-11H2,1-2H3,(H,19,23). The van der Waals surface area contributed by atoms with Crippen LogP contribution in [0.4, 0.5) is 10.5 Å². The highest BCUT2D eigenvalue weighted by Crippen LogP contribution is 2.29. The van der Waals surface area contributed by atoms with Gasteiger partial charge in [-0.15, -0.1) is 0 Å². The molecule has 0 bridgehead atoms. The number of rotatable bonds is 3. The van der Waals surface area contributed by atoms with E-state index in [0.29, 0.717) is 19.6 Å².